The van der Waals surface area contributed by atoms with E-state index in [1.54, 1.807) is 0 Å². The quantitative estimate of drug-likeness (QED) is 0.434. The molecule has 0 aliphatic carbocycles. The second-order valence-corrected chi connectivity index (χ2v) is 9.20. The lowest BCUT2D eigenvalue weighted by Gasteiger charge is -2.35. The van der Waals surface area contributed by atoms with Crippen LogP contribution in [-0.4, -0.2) is 68.4 Å². The number of aliphatic imine (C=N–C) groups is 1. The summed E-state index contributed by atoms with van der Waals surface area (Å²) in [6.07, 6.45) is 0.907. The fraction of sp³-hybridized carbons (Fsp3) is 0.333. The van der Waals surface area contributed by atoms with Gasteiger partial charge in [0.15, 0.2) is 6.29 Å². The summed E-state index contributed by atoms with van der Waals surface area (Å²) in [5.41, 5.74) is 7.99. The van der Waals surface area contributed by atoms with Gasteiger partial charge >= 0.3 is 0 Å². The fourth-order valence-corrected chi connectivity index (χ4v) is 5.09. The second-order valence-electron chi connectivity index (χ2n) is 9.20. The molecule has 2 aliphatic heterocycles. The summed E-state index contributed by atoms with van der Waals surface area (Å²) in [6.45, 7) is 8.40. The number of anilines is 1. The van der Waals surface area contributed by atoms with Crippen molar-refractivity contribution in [3.8, 4) is 22.5 Å². The molecule has 0 amide bonds. The van der Waals surface area contributed by atoms with Crippen LogP contribution in [0.1, 0.15) is 30.7 Å². The highest BCUT2D eigenvalue weighted by molar-refractivity contribution is 6.04. The number of morpholine rings is 1. The number of rotatable bonds is 6. The Kier molecular flexibility index (Phi) is 6.08. The number of fused-ring (bicyclic) bond motifs is 1. The molecule has 4 heterocycles. The van der Waals surface area contributed by atoms with Crippen molar-refractivity contribution in [3.05, 3.63) is 71.4 Å². The average molecular weight is 483 g/mol. The van der Waals surface area contributed by atoms with Crippen LogP contribution in [0.4, 0.5) is 5.82 Å². The van der Waals surface area contributed by atoms with Crippen LogP contribution in [-0.2, 0) is 17.7 Å². The summed E-state index contributed by atoms with van der Waals surface area (Å²) < 4.78 is 7.95. The molecule has 2 aromatic heterocycles. The van der Waals surface area contributed by atoms with E-state index in [9.17, 15) is 0 Å². The number of tetrazole rings is 1. The minimum atomic E-state index is -0.0521. The first-order chi connectivity index (χ1) is 17.7. The van der Waals surface area contributed by atoms with Crippen LogP contribution in [0.25, 0.3) is 22.5 Å². The molecule has 2 aliphatic rings. The minimum Gasteiger partial charge on any atom is -0.379 e. The molecule has 9 heteroatoms. The van der Waals surface area contributed by atoms with Gasteiger partial charge < -0.3 is 14.6 Å². The lowest BCUT2D eigenvalue weighted by molar-refractivity contribution is 0.0234. The van der Waals surface area contributed by atoms with Crippen molar-refractivity contribution in [2.75, 3.05) is 31.6 Å². The Hall–Kier alpha value is -3.82. The Morgan fingerprint density at radius 1 is 1.00 bits per heavy atom. The van der Waals surface area contributed by atoms with Crippen LogP contribution >= 0.6 is 0 Å². The van der Waals surface area contributed by atoms with Gasteiger partial charge in [0.2, 0.25) is 5.82 Å². The molecule has 36 heavy (non-hydrogen) atoms. The topological polar surface area (TPSA) is 96.2 Å². The third kappa shape index (κ3) is 4.20. The Labute approximate surface area is 210 Å². The van der Waals surface area contributed by atoms with E-state index in [0.717, 1.165) is 67.5 Å². The first kappa shape index (κ1) is 22.6. The standard InChI is InChI=1S/C27H30N8O/c1-3-21-16-24-18(2)28-27(34-12-14-36-15-13-34)29-26(24)35(21)17-19-8-10-20(11-9-19)22-6-4-5-7-23(22)25-30-32-33-31-25/h4-11,16,27,29H,3,12-15,17H2,1-2H3,(H,30,31,32,33). The number of aromatic nitrogens is 5. The van der Waals surface area contributed by atoms with Crippen LogP contribution < -0.4 is 5.32 Å². The predicted molar refractivity (Wildman–Crippen MR) is 140 cm³/mol. The Morgan fingerprint density at radius 3 is 2.50 bits per heavy atom. The highest BCUT2D eigenvalue weighted by Crippen LogP contribution is 2.32. The van der Waals surface area contributed by atoms with Gasteiger partial charge in [0.1, 0.15) is 5.82 Å². The van der Waals surface area contributed by atoms with Crippen molar-refractivity contribution < 1.29 is 4.74 Å². The van der Waals surface area contributed by atoms with Crippen LogP contribution in [0.3, 0.4) is 0 Å². The van der Waals surface area contributed by atoms with Gasteiger partial charge in [0.25, 0.3) is 0 Å². The zero-order valence-electron chi connectivity index (χ0n) is 20.6. The van der Waals surface area contributed by atoms with Gasteiger partial charge in [-0.25, -0.2) is 4.99 Å². The number of nitrogens with zero attached hydrogens (tertiary/aromatic N) is 6. The summed E-state index contributed by atoms with van der Waals surface area (Å²) in [7, 11) is 0. The predicted octanol–water partition coefficient (Wildman–Crippen LogP) is 3.80. The number of aromatic amines is 1. The van der Waals surface area contributed by atoms with Gasteiger partial charge in [-0.1, -0.05) is 55.5 Å². The summed E-state index contributed by atoms with van der Waals surface area (Å²) in [6, 6.07) is 19.2. The molecule has 9 nitrogen and oxygen atoms in total. The molecular weight excluding hydrogens is 452 g/mol. The molecule has 4 aromatic rings. The Bertz CT molecular complexity index is 1370. The normalized spacial score (nSPS) is 17.9. The van der Waals surface area contributed by atoms with Crippen molar-refractivity contribution in [1.29, 1.82) is 0 Å². The van der Waals surface area contributed by atoms with Crippen LogP contribution in [0.2, 0.25) is 0 Å². The molecule has 184 valence electrons. The highest BCUT2D eigenvalue weighted by Gasteiger charge is 2.28. The lowest BCUT2D eigenvalue weighted by atomic mass is 9.98. The molecule has 2 aromatic carbocycles. The van der Waals surface area contributed by atoms with E-state index in [4.69, 9.17) is 9.73 Å². The molecule has 1 fully saturated rings. The monoisotopic (exact) mass is 482 g/mol. The third-order valence-electron chi connectivity index (χ3n) is 7.03. The van der Waals surface area contributed by atoms with Crippen LogP contribution in [0.5, 0.6) is 0 Å². The lowest BCUT2D eigenvalue weighted by Crippen LogP contribution is -2.48. The molecule has 6 rings (SSSR count). The van der Waals surface area contributed by atoms with Gasteiger partial charge in [-0.3, -0.25) is 4.90 Å². The molecule has 0 radical (unpaired) electrons. The number of hydrogen-bond donors (Lipinski definition) is 2. The minimum absolute atomic E-state index is 0.0521. The van der Waals surface area contributed by atoms with E-state index in [1.165, 1.54) is 16.8 Å². The van der Waals surface area contributed by atoms with E-state index < -0.39 is 0 Å². The zero-order chi connectivity index (χ0) is 24.5. The summed E-state index contributed by atoms with van der Waals surface area (Å²) in [5.74, 6) is 1.75. The second kappa shape index (κ2) is 9.67. The molecular formula is C27H30N8O. The zero-order valence-corrected chi connectivity index (χ0v) is 20.6. The number of ether oxygens (including phenoxy) is 1. The average Bonchev–Trinajstić information content (AvgIpc) is 3.59. The van der Waals surface area contributed by atoms with Crippen molar-refractivity contribution in [2.24, 2.45) is 4.99 Å². The number of hydrogen-bond acceptors (Lipinski definition) is 7. The fourth-order valence-electron chi connectivity index (χ4n) is 5.09. The van der Waals surface area contributed by atoms with E-state index in [2.05, 4.69) is 85.7 Å². The third-order valence-corrected chi connectivity index (χ3v) is 7.03. The number of aryl methyl sites for hydroxylation is 1. The van der Waals surface area contributed by atoms with Gasteiger partial charge in [0.05, 0.1) is 13.2 Å². The van der Waals surface area contributed by atoms with Crippen molar-refractivity contribution in [1.82, 2.24) is 30.1 Å². The number of benzene rings is 2. The van der Waals surface area contributed by atoms with Gasteiger partial charge in [-0.15, -0.1) is 10.2 Å². The van der Waals surface area contributed by atoms with Gasteiger partial charge in [0, 0.05) is 42.2 Å². The van der Waals surface area contributed by atoms with E-state index in [-0.39, 0.29) is 6.29 Å². The molecule has 1 unspecified atom stereocenters. The van der Waals surface area contributed by atoms with E-state index in [1.807, 2.05) is 18.2 Å². The van der Waals surface area contributed by atoms with E-state index >= 15 is 0 Å². The van der Waals surface area contributed by atoms with E-state index in [0.29, 0.717) is 5.82 Å². The molecule has 0 saturated carbocycles. The Morgan fingerprint density at radius 2 is 1.78 bits per heavy atom. The van der Waals surface area contributed by atoms with Crippen LogP contribution in [0, 0.1) is 0 Å². The van der Waals surface area contributed by atoms with Gasteiger partial charge in [-0.2, -0.15) is 5.21 Å². The maximum Gasteiger partial charge on any atom is 0.205 e. The first-order valence-corrected chi connectivity index (χ1v) is 12.5. The number of H-pyrrole nitrogens is 1. The van der Waals surface area contributed by atoms with Crippen molar-refractivity contribution in [2.45, 2.75) is 33.1 Å². The van der Waals surface area contributed by atoms with Crippen LogP contribution in [0.15, 0.2) is 59.6 Å². The molecule has 1 saturated heterocycles. The van der Waals surface area contributed by atoms with Gasteiger partial charge in [-0.05, 0) is 41.3 Å². The molecule has 0 bridgehead atoms. The first-order valence-electron chi connectivity index (χ1n) is 12.5. The maximum atomic E-state index is 5.55. The maximum absolute atomic E-state index is 5.55. The largest absolute Gasteiger partial charge is 0.379 e. The summed E-state index contributed by atoms with van der Waals surface area (Å²) in [5, 5.41) is 18.3. The SMILES string of the molecule is CCc1cc2c(n1Cc1ccc(-c3ccccc3-c3nn[nH]n3)cc1)NC(N1CCOCC1)N=C2C. The van der Waals surface area contributed by atoms with Crippen molar-refractivity contribution in [3.63, 3.8) is 0 Å². The molecule has 1 atom stereocenters. The summed E-state index contributed by atoms with van der Waals surface area (Å²) >= 11 is 0. The smallest absolute Gasteiger partial charge is 0.205 e. The van der Waals surface area contributed by atoms with Crippen molar-refractivity contribution >= 4 is 11.5 Å². The number of nitrogens with one attached hydrogen (secondary N) is 2. The summed E-state index contributed by atoms with van der Waals surface area (Å²) in [4.78, 5) is 7.32. The molecule has 2 N–H and O–H groups in total. The Balaban J connectivity index is 1.28. The highest BCUT2D eigenvalue weighted by atomic mass is 16.5. The molecule has 0 spiro atoms.